The Labute approximate surface area is 70.2 Å². The van der Waals surface area contributed by atoms with Crippen LogP contribution in [-0.2, 0) is 0 Å². The van der Waals surface area contributed by atoms with Crippen molar-refractivity contribution in [2.45, 2.75) is 35.2 Å². The third-order valence-corrected chi connectivity index (χ3v) is 3.99. The van der Waals surface area contributed by atoms with Gasteiger partial charge in [-0.2, -0.15) is 10.5 Å². The van der Waals surface area contributed by atoms with Crippen LogP contribution in [0.25, 0.3) is 0 Å². The second-order valence-corrected chi connectivity index (χ2v) is 5.08. The highest BCUT2D eigenvalue weighted by Gasteiger charge is 2.56. The Morgan fingerprint density at radius 1 is 0.909 bits per heavy atom. The average Bonchev–Trinajstić information content (AvgIpc) is 2.90. The lowest BCUT2D eigenvalue weighted by molar-refractivity contribution is 1.13. The van der Waals surface area contributed by atoms with Crippen LogP contribution >= 0.6 is 11.8 Å². The van der Waals surface area contributed by atoms with Crippen LogP contribution in [0.4, 0.5) is 0 Å². The molecule has 0 aromatic rings. The first-order chi connectivity index (χ1) is 5.24. The third-order valence-electron chi connectivity index (χ3n) is 2.21. The van der Waals surface area contributed by atoms with E-state index in [1.165, 1.54) is 0 Å². The van der Waals surface area contributed by atoms with E-state index in [1.54, 1.807) is 11.8 Å². The van der Waals surface area contributed by atoms with Crippen molar-refractivity contribution in [3.05, 3.63) is 0 Å². The van der Waals surface area contributed by atoms with Crippen molar-refractivity contribution < 1.29 is 0 Å². The Kier molecular flexibility index (Phi) is 1.23. The van der Waals surface area contributed by atoms with Gasteiger partial charge in [0.2, 0.25) is 0 Å². The first-order valence-corrected chi connectivity index (χ1v) is 4.59. The topological polar surface area (TPSA) is 47.6 Å². The summed E-state index contributed by atoms with van der Waals surface area (Å²) in [5, 5.41) is 17.5. The summed E-state index contributed by atoms with van der Waals surface area (Å²) < 4.78 is -0.321. The summed E-state index contributed by atoms with van der Waals surface area (Å²) >= 11 is 1.60. The lowest BCUT2D eigenvalue weighted by Gasteiger charge is -2.08. The van der Waals surface area contributed by atoms with Crippen LogP contribution in [0, 0.1) is 22.7 Å². The Balaban J connectivity index is 2.03. The molecule has 11 heavy (non-hydrogen) atoms. The minimum absolute atomic E-state index is 0.160. The summed E-state index contributed by atoms with van der Waals surface area (Å²) in [6.45, 7) is 0. The number of nitriles is 2. The fraction of sp³-hybridized carbons (Fsp3) is 0.750. The zero-order valence-electron chi connectivity index (χ0n) is 6.13. The summed E-state index contributed by atoms with van der Waals surface area (Å²) in [5.41, 5.74) is 0. The van der Waals surface area contributed by atoms with E-state index in [0.717, 1.165) is 25.7 Å². The van der Waals surface area contributed by atoms with Crippen molar-refractivity contribution in [3.8, 4) is 12.1 Å². The second kappa shape index (κ2) is 1.93. The minimum Gasteiger partial charge on any atom is -0.197 e. The number of hydrogen-bond acceptors (Lipinski definition) is 3. The predicted octanol–water partition coefficient (Wildman–Crippen LogP) is 1.83. The lowest BCUT2D eigenvalue weighted by Crippen LogP contribution is -2.08. The fourth-order valence-electron chi connectivity index (χ4n) is 1.07. The molecule has 0 aromatic heterocycles. The zero-order valence-corrected chi connectivity index (χ0v) is 6.95. The van der Waals surface area contributed by atoms with Crippen LogP contribution in [0.3, 0.4) is 0 Å². The molecule has 0 radical (unpaired) electrons. The van der Waals surface area contributed by atoms with Crippen molar-refractivity contribution >= 4 is 11.8 Å². The van der Waals surface area contributed by atoms with Gasteiger partial charge < -0.3 is 0 Å². The van der Waals surface area contributed by atoms with Gasteiger partial charge in [0.15, 0.2) is 0 Å². The van der Waals surface area contributed by atoms with Gasteiger partial charge in [-0.05, 0) is 25.7 Å². The Hall–Kier alpha value is -0.670. The highest BCUT2D eigenvalue weighted by Crippen LogP contribution is 2.60. The predicted molar refractivity (Wildman–Crippen MR) is 42.7 cm³/mol. The number of nitrogens with zero attached hydrogens (tertiary/aromatic N) is 2. The van der Waals surface area contributed by atoms with E-state index in [2.05, 4.69) is 12.1 Å². The quantitative estimate of drug-likeness (QED) is 0.625. The van der Waals surface area contributed by atoms with E-state index in [-0.39, 0.29) is 9.49 Å². The highest BCUT2D eigenvalue weighted by atomic mass is 32.2. The molecule has 2 aliphatic rings. The summed E-state index contributed by atoms with van der Waals surface area (Å²) in [5.74, 6) is 0. The van der Waals surface area contributed by atoms with Crippen LogP contribution in [-0.4, -0.2) is 9.49 Å². The summed E-state index contributed by atoms with van der Waals surface area (Å²) in [7, 11) is 0. The van der Waals surface area contributed by atoms with E-state index in [9.17, 15) is 0 Å². The van der Waals surface area contributed by atoms with Gasteiger partial charge in [-0.1, -0.05) is 0 Å². The average molecular weight is 164 g/mol. The van der Waals surface area contributed by atoms with E-state index in [0.29, 0.717) is 0 Å². The molecule has 2 fully saturated rings. The number of hydrogen-bond donors (Lipinski definition) is 0. The molecule has 56 valence electrons. The van der Waals surface area contributed by atoms with E-state index < -0.39 is 0 Å². The smallest absolute Gasteiger partial charge is 0.104 e. The molecule has 2 nitrogen and oxygen atoms in total. The van der Waals surface area contributed by atoms with Crippen molar-refractivity contribution in [2.24, 2.45) is 0 Å². The first-order valence-electron chi connectivity index (χ1n) is 3.77. The molecule has 0 saturated heterocycles. The van der Waals surface area contributed by atoms with Crippen molar-refractivity contribution in [2.75, 3.05) is 0 Å². The largest absolute Gasteiger partial charge is 0.197 e. The van der Waals surface area contributed by atoms with Gasteiger partial charge in [-0.15, -0.1) is 11.8 Å². The lowest BCUT2D eigenvalue weighted by atomic mass is 10.5. The Bertz CT molecular complexity index is 235. The maximum Gasteiger partial charge on any atom is 0.104 e. The standard InChI is InChI=1S/C8H8N2S/c9-5-7(1-2-7)11-8(6-10)3-4-8/h1-4H2. The summed E-state index contributed by atoms with van der Waals surface area (Å²) in [4.78, 5) is 0. The van der Waals surface area contributed by atoms with E-state index >= 15 is 0 Å². The third kappa shape index (κ3) is 1.10. The number of thioether (sulfide) groups is 1. The Morgan fingerprint density at radius 3 is 1.45 bits per heavy atom. The molecule has 0 aromatic carbocycles. The van der Waals surface area contributed by atoms with Crippen molar-refractivity contribution in [1.29, 1.82) is 10.5 Å². The number of rotatable bonds is 2. The molecule has 0 heterocycles. The molecule has 0 unspecified atom stereocenters. The molecular formula is C8H8N2S. The van der Waals surface area contributed by atoms with Gasteiger partial charge in [0.05, 0.1) is 12.1 Å². The molecule has 0 bridgehead atoms. The van der Waals surface area contributed by atoms with Crippen molar-refractivity contribution in [1.82, 2.24) is 0 Å². The van der Waals surface area contributed by atoms with E-state index in [1.807, 2.05) is 0 Å². The second-order valence-electron chi connectivity index (χ2n) is 3.31. The van der Waals surface area contributed by atoms with Gasteiger partial charge in [0.1, 0.15) is 9.49 Å². The summed E-state index contributed by atoms with van der Waals surface area (Å²) in [6, 6.07) is 4.59. The molecule has 0 spiro atoms. The normalized spacial score (nSPS) is 28.2. The van der Waals surface area contributed by atoms with Crippen molar-refractivity contribution in [3.63, 3.8) is 0 Å². The maximum absolute atomic E-state index is 8.76. The van der Waals surface area contributed by atoms with Crippen LogP contribution < -0.4 is 0 Å². The summed E-state index contributed by atoms with van der Waals surface area (Å²) in [6.07, 6.45) is 3.93. The molecule has 2 aliphatic carbocycles. The molecule has 2 rings (SSSR count). The molecule has 0 atom stereocenters. The maximum atomic E-state index is 8.76. The van der Waals surface area contributed by atoms with Gasteiger partial charge in [-0.25, -0.2) is 0 Å². The SMILES string of the molecule is N#CC1(SC2(C#N)CC2)CC1. The van der Waals surface area contributed by atoms with Crippen LogP contribution in [0.15, 0.2) is 0 Å². The molecule has 0 aliphatic heterocycles. The van der Waals surface area contributed by atoms with E-state index in [4.69, 9.17) is 10.5 Å². The monoisotopic (exact) mass is 164 g/mol. The van der Waals surface area contributed by atoms with Crippen LogP contribution in [0.5, 0.6) is 0 Å². The van der Waals surface area contributed by atoms with Crippen LogP contribution in [0.1, 0.15) is 25.7 Å². The van der Waals surface area contributed by atoms with Gasteiger partial charge in [0, 0.05) is 0 Å². The van der Waals surface area contributed by atoms with Crippen LogP contribution in [0.2, 0.25) is 0 Å². The first kappa shape index (κ1) is 7.00. The molecular weight excluding hydrogens is 156 g/mol. The zero-order chi connectivity index (χ0) is 7.95. The molecule has 2 saturated carbocycles. The molecule has 3 heteroatoms. The fourth-order valence-corrected chi connectivity index (χ4v) is 2.53. The Morgan fingerprint density at radius 2 is 1.27 bits per heavy atom. The highest BCUT2D eigenvalue weighted by molar-refractivity contribution is 8.03. The molecule has 0 N–H and O–H groups in total. The minimum atomic E-state index is -0.160. The molecule has 0 amide bonds. The van der Waals surface area contributed by atoms with Gasteiger partial charge in [0.25, 0.3) is 0 Å². The van der Waals surface area contributed by atoms with Gasteiger partial charge in [-0.3, -0.25) is 0 Å². The van der Waals surface area contributed by atoms with Gasteiger partial charge >= 0.3 is 0 Å².